The first-order chi connectivity index (χ1) is 18.0. The summed E-state index contributed by atoms with van der Waals surface area (Å²) in [6.45, 7) is 6.75. The van der Waals surface area contributed by atoms with E-state index in [1.54, 1.807) is 4.68 Å². The molecule has 4 aromatic rings. The molecule has 1 aromatic heterocycles. The molecule has 1 aliphatic rings. The molecule has 2 N–H and O–H groups in total. The van der Waals surface area contributed by atoms with Crippen LogP contribution in [0, 0.1) is 6.92 Å². The van der Waals surface area contributed by atoms with Gasteiger partial charge >= 0.3 is 0 Å². The summed E-state index contributed by atoms with van der Waals surface area (Å²) in [6.07, 6.45) is 1.48. The minimum absolute atomic E-state index is 0.222. The maximum absolute atomic E-state index is 13.5. The summed E-state index contributed by atoms with van der Waals surface area (Å²) in [5.74, 6) is 1.58. The van der Waals surface area contributed by atoms with Gasteiger partial charge in [-0.1, -0.05) is 54.1 Å². The first kappa shape index (κ1) is 24.1. The monoisotopic (exact) mass is 495 g/mol. The van der Waals surface area contributed by atoms with Crippen LogP contribution in [0.4, 0.5) is 11.6 Å². The first-order valence-electron chi connectivity index (χ1n) is 12.2. The highest BCUT2D eigenvalue weighted by atomic mass is 16.5. The lowest BCUT2D eigenvalue weighted by Crippen LogP contribution is -2.31. The molecule has 1 atom stereocenters. The van der Waals surface area contributed by atoms with Gasteiger partial charge in [-0.3, -0.25) is 4.79 Å². The van der Waals surface area contributed by atoms with Gasteiger partial charge in [-0.2, -0.15) is 10.1 Å². The number of rotatable bonds is 8. The second-order valence-electron chi connectivity index (χ2n) is 8.83. The number of hydrogen-bond acceptors (Lipinski definition) is 6. The lowest BCUT2D eigenvalue weighted by molar-refractivity contribution is -0.113. The Kier molecular flexibility index (Phi) is 6.89. The van der Waals surface area contributed by atoms with Crippen LogP contribution in [0.3, 0.4) is 0 Å². The maximum Gasteiger partial charge on any atom is 0.255 e. The molecule has 37 heavy (non-hydrogen) atoms. The number of allylic oxidation sites excluding steroid dienone is 1. The van der Waals surface area contributed by atoms with Gasteiger partial charge in [-0.25, -0.2) is 4.68 Å². The fraction of sp³-hybridized carbons (Fsp3) is 0.207. The molecule has 0 spiro atoms. The normalized spacial score (nSPS) is 14.5. The number of nitrogens with zero attached hydrogens (tertiary/aromatic N) is 3. The molecule has 0 saturated carbocycles. The summed E-state index contributed by atoms with van der Waals surface area (Å²) in [7, 11) is 0. The molecular weight excluding hydrogens is 466 g/mol. The van der Waals surface area contributed by atoms with Crippen LogP contribution < -0.4 is 20.1 Å². The molecule has 0 saturated heterocycles. The van der Waals surface area contributed by atoms with E-state index in [9.17, 15) is 4.79 Å². The van der Waals surface area contributed by atoms with E-state index in [4.69, 9.17) is 9.47 Å². The SMILES string of the molecule is CCOc1cc(C2C(C(=O)Nc3ccccc3)=C(C)Nc3ncnn32)ccc1OCc1ccc(C)cc1. The number of fused-ring (bicyclic) bond motifs is 1. The van der Waals surface area contributed by atoms with Crippen molar-refractivity contribution in [3.63, 3.8) is 0 Å². The predicted octanol–water partition coefficient (Wildman–Crippen LogP) is 5.49. The summed E-state index contributed by atoms with van der Waals surface area (Å²) in [6, 6.07) is 22.8. The molecule has 5 rings (SSSR count). The van der Waals surface area contributed by atoms with Crippen molar-refractivity contribution in [1.29, 1.82) is 0 Å². The second-order valence-corrected chi connectivity index (χ2v) is 8.83. The topological polar surface area (TPSA) is 90.3 Å². The van der Waals surface area contributed by atoms with E-state index < -0.39 is 6.04 Å². The number of anilines is 2. The zero-order valence-electron chi connectivity index (χ0n) is 21.1. The third-order valence-corrected chi connectivity index (χ3v) is 6.17. The highest BCUT2D eigenvalue weighted by Gasteiger charge is 2.34. The third kappa shape index (κ3) is 5.18. The number of hydrogen-bond donors (Lipinski definition) is 2. The molecule has 1 aliphatic heterocycles. The van der Waals surface area contributed by atoms with Crippen molar-refractivity contribution in [3.8, 4) is 11.5 Å². The minimum atomic E-state index is -0.507. The first-order valence-corrected chi connectivity index (χ1v) is 12.2. The fourth-order valence-electron chi connectivity index (χ4n) is 4.34. The molecule has 8 nitrogen and oxygen atoms in total. The van der Waals surface area contributed by atoms with Crippen LogP contribution in [0.25, 0.3) is 0 Å². The van der Waals surface area contributed by atoms with Gasteiger partial charge in [0.1, 0.15) is 19.0 Å². The lowest BCUT2D eigenvalue weighted by Gasteiger charge is -2.29. The van der Waals surface area contributed by atoms with E-state index >= 15 is 0 Å². The van der Waals surface area contributed by atoms with E-state index in [1.807, 2.05) is 62.4 Å². The van der Waals surface area contributed by atoms with Crippen LogP contribution in [0.2, 0.25) is 0 Å². The Bertz CT molecular complexity index is 1430. The Morgan fingerprint density at radius 3 is 2.54 bits per heavy atom. The molecule has 8 heteroatoms. The van der Waals surface area contributed by atoms with Crippen molar-refractivity contribution in [2.24, 2.45) is 0 Å². The highest BCUT2D eigenvalue weighted by Crippen LogP contribution is 2.39. The number of amides is 1. The number of ether oxygens (including phenoxy) is 2. The molecule has 188 valence electrons. The quantitative estimate of drug-likeness (QED) is 0.336. The number of nitrogens with one attached hydrogen (secondary N) is 2. The summed E-state index contributed by atoms with van der Waals surface area (Å²) in [5, 5.41) is 10.6. The zero-order valence-corrected chi connectivity index (χ0v) is 21.1. The van der Waals surface area contributed by atoms with E-state index in [2.05, 4.69) is 51.9 Å². The average Bonchev–Trinajstić information content (AvgIpc) is 3.37. The molecular formula is C29H29N5O3. The van der Waals surface area contributed by atoms with Crippen molar-refractivity contribution in [2.45, 2.75) is 33.4 Å². The van der Waals surface area contributed by atoms with Crippen LogP contribution >= 0.6 is 0 Å². The van der Waals surface area contributed by atoms with Crippen LogP contribution in [-0.4, -0.2) is 27.3 Å². The van der Waals surface area contributed by atoms with E-state index in [1.165, 1.54) is 11.9 Å². The maximum atomic E-state index is 13.5. The molecule has 0 radical (unpaired) electrons. The summed E-state index contributed by atoms with van der Waals surface area (Å²) >= 11 is 0. The van der Waals surface area contributed by atoms with Crippen molar-refractivity contribution in [2.75, 3.05) is 17.2 Å². The van der Waals surface area contributed by atoms with Gasteiger partial charge < -0.3 is 20.1 Å². The number of carbonyl (C=O) groups is 1. The van der Waals surface area contributed by atoms with Gasteiger partial charge in [0.05, 0.1) is 12.2 Å². The smallest absolute Gasteiger partial charge is 0.255 e. The van der Waals surface area contributed by atoms with Crippen LogP contribution in [0.1, 0.15) is 36.6 Å². The van der Waals surface area contributed by atoms with E-state index in [-0.39, 0.29) is 5.91 Å². The Morgan fingerprint density at radius 1 is 1.00 bits per heavy atom. The zero-order chi connectivity index (χ0) is 25.8. The van der Waals surface area contributed by atoms with Gasteiger partial charge in [0.25, 0.3) is 5.91 Å². The standard InChI is InChI=1S/C29H29N5O3/c1-4-36-25-16-22(14-15-24(25)37-17-21-12-10-19(2)11-13-21)27-26(20(3)32-29-30-18-31-34(27)29)28(35)33-23-8-6-5-7-9-23/h5-16,18,27H,4,17H2,1-3H3,(H,33,35)(H,30,31,32). The Hall–Kier alpha value is -4.59. The van der Waals surface area contributed by atoms with Gasteiger partial charge in [0.2, 0.25) is 5.95 Å². The van der Waals surface area contributed by atoms with Gasteiger partial charge in [-0.15, -0.1) is 0 Å². The molecule has 0 bridgehead atoms. The summed E-state index contributed by atoms with van der Waals surface area (Å²) < 4.78 is 13.8. The number of para-hydroxylation sites is 1. The van der Waals surface area contributed by atoms with E-state index in [0.29, 0.717) is 47.6 Å². The summed E-state index contributed by atoms with van der Waals surface area (Å²) in [4.78, 5) is 17.9. The van der Waals surface area contributed by atoms with Crippen LogP contribution in [0.5, 0.6) is 11.5 Å². The number of benzene rings is 3. The molecule has 3 aromatic carbocycles. The van der Waals surface area contributed by atoms with E-state index in [0.717, 1.165) is 11.1 Å². The predicted molar refractivity (Wildman–Crippen MR) is 143 cm³/mol. The minimum Gasteiger partial charge on any atom is -0.490 e. The number of aromatic nitrogens is 3. The van der Waals surface area contributed by atoms with Crippen molar-refractivity contribution in [1.82, 2.24) is 14.8 Å². The van der Waals surface area contributed by atoms with Crippen LogP contribution in [-0.2, 0) is 11.4 Å². The molecule has 1 unspecified atom stereocenters. The van der Waals surface area contributed by atoms with Crippen molar-refractivity contribution < 1.29 is 14.3 Å². The third-order valence-electron chi connectivity index (χ3n) is 6.17. The average molecular weight is 496 g/mol. The van der Waals surface area contributed by atoms with Gasteiger partial charge in [0.15, 0.2) is 11.5 Å². The molecule has 1 amide bonds. The second kappa shape index (κ2) is 10.6. The molecule has 2 heterocycles. The largest absolute Gasteiger partial charge is 0.490 e. The number of carbonyl (C=O) groups excluding carboxylic acids is 1. The molecule has 0 aliphatic carbocycles. The van der Waals surface area contributed by atoms with Crippen molar-refractivity contribution >= 4 is 17.5 Å². The number of aryl methyl sites for hydroxylation is 1. The van der Waals surface area contributed by atoms with Gasteiger partial charge in [0, 0.05) is 11.4 Å². The highest BCUT2D eigenvalue weighted by molar-refractivity contribution is 6.06. The lowest BCUT2D eigenvalue weighted by atomic mass is 9.94. The Balaban J connectivity index is 1.48. The molecule has 0 fully saturated rings. The Morgan fingerprint density at radius 2 is 1.78 bits per heavy atom. The van der Waals surface area contributed by atoms with Crippen LogP contribution in [0.15, 0.2) is 90.4 Å². The van der Waals surface area contributed by atoms with Crippen molar-refractivity contribution in [3.05, 3.63) is 107 Å². The fourth-order valence-corrected chi connectivity index (χ4v) is 4.34. The van der Waals surface area contributed by atoms with Gasteiger partial charge in [-0.05, 0) is 56.2 Å². The Labute approximate surface area is 216 Å². The summed E-state index contributed by atoms with van der Waals surface area (Å²) in [5.41, 5.74) is 5.06.